The van der Waals surface area contributed by atoms with Crippen LogP contribution in [0.5, 0.6) is 0 Å². The van der Waals surface area contributed by atoms with E-state index in [0.717, 1.165) is 17.2 Å². The first-order valence-corrected chi connectivity index (χ1v) is 8.10. The summed E-state index contributed by atoms with van der Waals surface area (Å²) in [7, 11) is 0. The number of rotatable bonds is 5. The highest BCUT2D eigenvalue weighted by atomic mass is 32.1. The molecule has 0 atom stereocenters. The van der Waals surface area contributed by atoms with Crippen molar-refractivity contribution in [1.82, 2.24) is 15.6 Å². The van der Waals surface area contributed by atoms with Crippen LogP contribution in [0.3, 0.4) is 0 Å². The van der Waals surface area contributed by atoms with Crippen molar-refractivity contribution in [2.24, 2.45) is 4.99 Å². The van der Waals surface area contributed by atoms with Gasteiger partial charge in [0.2, 0.25) is 0 Å². The van der Waals surface area contributed by atoms with Crippen molar-refractivity contribution in [1.29, 1.82) is 0 Å². The third-order valence-electron chi connectivity index (χ3n) is 3.19. The van der Waals surface area contributed by atoms with Gasteiger partial charge in [-0.25, -0.2) is 14.4 Å². The van der Waals surface area contributed by atoms with Crippen molar-refractivity contribution >= 4 is 17.3 Å². The smallest absolute Gasteiger partial charge is 0.191 e. The van der Waals surface area contributed by atoms with Gasteiger partial charge in [0.25, 0.3) is 0 Å². The molecule has 2 N–H and O–H groups in total. The number of thiazole rings is 1. The number of aryl methyl sites for hydroxylation is 2. The third-order valence-corrected chi connectivity index (χ3v) is 4.26. The predicted octanol–water partition coefficient (Wildman–Crippen LogP) is 3.15. The Kier molecular flexibility index (Phi) is 5.89. The monoisotopic (exact) mass is 320 g/mol. The molecule has 0 bridgehead atoms. The minimum Gasteiger partial charge on any atom is -0.357 e. The second kappa shape index (κ2) is 7.89. The molecule has 0 unspecified atom stereocenters. The molecule has 6 heteroatoms. The Labute approximate surface area is 134 Å². The molecular formula is C16H21FN4S. The summed E-state index contributed by atoms with van der Waals surface area (Å²) in [6.45, 7) is 7.73. The standard InChI is InChI=1S/C16H21FN4S/c1-4-18-16(19-9-13-7-5-6-8-14(13)17)20-10-15-21-11(2)12(3)22-15/h5-8H,4,9-10H2,1-3H3,(H2,18,19,20). The second-order valence-corrected chi connectivity index (χ2v) is 6.18. The van der Waals surface area contributed by atoms with Crippen molar-refractivity contribution in [3.63, 3.8) is 0 Å². The van der Waals surface area contributed by atoms with E-state index >= 15 is 0 Å². The van der Waals surface area contributed by atoms with Gasteiger partial charge < -0.3 is 10.6 Å². The van der Waals surface area contributed by atoms with Crippen LogP contribution in [0.2, 0.25) is 0 Å². The van der Waals surface area contributed by atoms with Crippen LogP contribution in [0.1, 0.15) is 28.1 Å². The molecule has 0 aliphatic rings. The van der Waals surface area contributed by atoms with E-state index < -0.39 is 0 Å². The van der Waals surface area contributed by atoms with Crippen LogP contribution in [-0.4, -0.2) is 17.5 Å². The Morgan fingerprint density at radius 2 is 2.05 bits per heavy atom. The Morgan fingerprint density at radius 3 is 2.68 bits per heavy atom. The summed E-state index contributed by atoms with van der Waals surface area (Å²) in [5, 5.41) is 7.41. The second-order valence-electron chi connectivity index (χ2n) is 4.89. The zero-order valence-corrected chi connectivity index (χ0v) is 13.9. The maximum absolute atomic E-state index is 13.6. The highest BCUT2D eigenvalue weighted by Gasteiger charge is 2.05. The number of hydrogen-bond donors (Lipinski definition) is 2. The largest absolute Gasteiger partial charge is 0.357 e. The van der Waals surface area contributed by atoms with E-state index in [1.165, 1.54) is 10.9 Å². The number of aromatic nitrogens is 1. The molecule has 2 rings (SSSR count). The van der Waals surface area contributed by atoms with Gasteiger partial charge in [-0.05, 0) is 26.8 Å². The fraction of sp³-hybridized carbons (Fsp3) is 0.375. The SMILES string of the molecule is CCNC(=NCc1ccccc1F)NCc1nc(C)c(C)s1. The molecule has 2 aromatic rings. The van der Waals surface area contributed by atoms with Gasteiger partial charge >= 0.3 is 0 Å². The molecule has 0 saturated carbocycles. The summed E-state index contributed by atoms with van der Waals surface area (Å²) in [6, 6.07) is 6.69. The zero-order chi connectivity index (χ0) is 15.9. The average Bonchev–Trinajstić information content (AvgIpc) is 2.82. The molecule has 0 spiro atoms. The van der Waals surface area contributed by atoms with Crippen molar-refractivity contribution in [2.75, 3.05) is 6.54 Å². The normalized spacial score (nSPS) is 11.5. The topological polar surface area (TPSA) is 49.3 Å². The molecule has 22 heavy (non-hydrogen) atoms. The minimum absolute atomic E-state index is 0.228. The van der Waals surface area contributed by atoms with Crippen molar-refractivity contribution in [3.8, 4) is 0 Å². The molecular weight excluding hydrogens is 299 g/mol. The molecule has 0 aliphatic carbocycles. The lowest BCUT2D eigenvalue weighted by atomic mass is 10.2. The summed E-state index contributed by atoms with van der Waals surface area (Å²) >= 11 is 1.67. The van der Waals surface area contributed by atoms with E-state index in [-0.39, 0.29) is 5.82 Å². The van der Waals surface area contributed by atoms with Gasteiger partial charge in [0.1, 0.15) is 10.8 Å². The van der Waals surface area contributed by atoms with Crippen LogP contribution in [0.4, 0.5) is 4.39 Å². The highest BCUT2D eigenvalue weighted by Crippen LogP contribution is 2.15. The summed E-state index contributed by atoms with van der Waals surface area (Å²) in [5.41, 5.74) is 1.65. The lowest BCUT2D eigenvalue weighted by molar-refractivity contribution is 0.610. The van der Waals surface area contributed by atoms with Gasteiger partial charge in [0.05, 0.1) is 18.8 Å². The van der Waals surface area contributed by atoms with Gasteiger partial charge in [-0.15, -0.1) is 11.3 Å². The zero-order valence-electron chi connectivity index (χ0n) is 13.1. The molecule has 118 valence electrons. The average molecular weight is 320 g/mol. The highest BCUT2D eigenvalue weighted by molar-refractivity contribution is 7.11. The maximum atomic E-state index is 13.6. The van der Waals surface area contributed by atoms with E-state index in [1.54, 1.807) is 23.5 Å². The number of benzene rings is 1. The first-order chi connectivity index (χ1) is 10.6. The van der Waals surface area contributed by atoms with Crippen LogP contribution in [0.15, 0.2) is 29.3 Å². The van der Waals surface area contributed by atoms with Gasteiger partial charge in [-0.2, -0.15) is 0 Å². The number of aliphatic imine (C=N–C) groups is 1. The molecule has 1 aromatic carbocycles. The van der Waals surface area contributed by atoms with Crippen LogP contribution in [-0.2, 0) is 13.1 Å². The van der Waals surface area contributed by atoms with E-state index in [9.17, 15) is 4.39 Å². The number of guanidine groups is 1. The van der Waals surface area contributed by atoms with Crippen LogP contribution in [0.25, 0.3) is 0 Å². The lowest BCUT2D eigenvalue weighted by Gasteiger charge is -2.10. The first-order valence-electron chi connectivity index (χ1n) is 7.28. The van der Waals surface area contributed by atoms with Gasteiger partial charge in [0, 0.05) is 17.0 Å². The molecule has 1 heterocycles. The lowest BCUT2D eigenvalue weighted by Crippen LogP contribution is -2.36. The number of nitrogens with zero attached hydrogens (tertiary/aromatic N) is 2. The molecule has 0 radical (unpaired) electrons. The van der Waals surface area contributed by atoms with E-state index in [4.69, 9.17) is 0 Å². The van der Waals surface area contributed by atoms with E-state index in [1.807, 2.05) is 19.9 Å². The van der Waals surface area contributed by atoms with Gasteiger partial charge in [0.15, 0.2) is 5.96 Å². The molecule has 0 fully saturated rings. The quantitative estimate of drug-likeness (QED) is 0.657. The van der Waals surface area contributed by atoms with Crippen molar-refractivity contribution in [2.45, 2.75) is 33.9 Å². The predicted molar refractivity (Wildman–Crippen MR) is 89.6 cm³/mol. The summed E-state index contributed by atoms with van der Waals surface area (Å²) < 4.78 is 13.6. The summed E-state index contributed by atoms with van der Waals surface area (Å²) in [4.78, 5) is 10.1. The van der Waals surface area contributed by atoms with Crippen LogP contribution < -0.4 is 10.6 Å². The van der Waals surface area contributed by atoms with Gasteiger partial charge in [-0.3, -0.25) is 0 Å². The van der Waals surface area contributed by atoms with Crippen molar-refractivity contribution < 1.29 is 4.39 Å². The Morgan fingerprint density at radius 1 is 1.27 bits per heavy atom. The van der Waals surface area contributed by atoms with E-state index in [0.29, 0.717) is 24.6 Å². The fourth-order valence-corrected chi connectivity index (χ4v) is 2.78. The van der Waals surface area contributed by atoms with Crippen molar-refractivity contribution in [3.05, 3.63) is 51.2 Å². The maximum Gasteiger partial charge on any atom is 0.191 e. The Bertz CT molecular complexity index is 632. The minimum atomic E-state index is -0.228. The number of nitrogens with one attached hydrogen (secondary N) is 2. The molecule has 0 saturated heterocycles. The Hall–Kier alpha value is -1.95. The van der Waals surface area contributed by atoms with E-state index in [2.05, 4.69) is 27.5 Å². The fourth-order valence-electron chi connectivity index (χ4n) is 1.91. The summed E-state index contributed by atoms with van der Waals surface area (Å²) in [5.74, 6) is 0.435. The number of hydrogen-bond acceptors (Lipinski definition) is 3. The Balaban J connectivity index is 1.99. The summed E-state index contributed by atoms with van der Waals surface area (Å²) in [6.07, 6.45) is 0. The number of halogens is 1. The molecule has 4 nitrogen and oxygen atoms in total. The third kappa shape index (κ3) is 4.53. The van der Waals surface area contributed by atoms with Crippen LogP contribution in [0, 0.1) is 19.7 Å². The van der Waals surface area contributed by atoms with Gasteiger partial charge in [-0.1, -0.05) is 18.2 Å². The molecule has 0 amide bonds. The first kappa shape index (κ1) is 16.4. The molecule has 1 aromatic heterocycles. The van der Waals surface area contributed by atoms with Crippen LogP contribution >= 0.6 is 11.3 Å². The molecule has 0 aliphatic heterocycles.